The van der Waals surface area contributed by atoms with E-state index >= 15 is 0 Å². The number of nitrogens with two attached hydrogens (primary N) is 1. The van der Waals surface area contributed by atoms with Crippen molar-refractivity contribution < 1.29 is 8.42 Å². The Bertz CT molecular complexity index is 681. The maximum absolute atomic E-state index is 12.1. The standard InChI is InChI=1S/C10H11ClN4O2S/c1-15-9(5-6-13-15)18(16,17)14-8-4-2-3-7(12)10(8)11/h2-6,14H,12H2,1H3. The van der Waals surface area contributed by atoms with Gasteiger partial charge in [0, 0.05) is 7.05 Å². The molecule has 96 valence electrons. The van der Waals surface area contributed by atoms with E-state index in [0.717, 1.165) is 0 Å². The SMILES string of the molecule is Cn1nccc1S(=O)(=O)Nc1cccc(N)c1Cl. The maximum Gasteiger partial charge on any atom is 0.279 e. The molecule has 0 amide bonds. The van der Waals surface area contributed by atoms with Gasteiger partial charge >= 0.3 is 0 Å². The van der Waals surface area contributed by atoms with Gasteiger partial charge in [0.1, 0.15) is 0 Å². The fourth-order valence-corrected chi connectivity index (χ4v) is 2.88. The Hall–Kier alpha value is -1.73. The van der Waals surface area contributed by atoms with Gasteiger partial charge in [-0.25, -0.2) is 0 Å². The van der Waals surface area contributed by atoms with Gasteiger partial charge < -0.3 is 5.73 Å². The summed E-state index contributed by atoms with van der Waals surface area (Å²) in [5, 5.41) is 4.02. The monoisotopic (exact) mass is 286 g/mol. The number of hydrogen-bond donors (Lipinski definition) is 2. The molecule has 1 aromatic carbocycles. The summed E-state index contributed by atoms with van der Waals surface area (Å²) in [6.07, 6.45) is 1.40. The van der Waals surface area contributed by atoms with Crippen LogP contribution in [0.25, 0.3) is 0 Å². The molecule has 0 spiro atoms. The first-order valence-corrected chi connectivity index (χ1v) is 6.83. The van der Waals surface area contributed by atoms with Crippen molar-refractivity contribution in [3.8, 4) is 0 Å². The van der Waals surface area contributed by atoms with Gasteiger partial charge in [-0.15, -0.1) is 0 Å². The fourth-order valence-electron chi connectivity index (χ4n) is 1.45. The Morgan fingerprint density at radius 2 is 2.11 bits per heavy atom. The van der Waals surface area contributed by atoms with Crippen LogP contribution < -0.4 is 10.5 Å². The molecule has 3 N–H and O–H groups in total. The van der Waals surface area contributed by atoms with Crippen LogP contribution in [0.3, 0.4) is 0 Å². The summed E-state index contributed by atoms with van der Waals surface area (Å²) in [7, 11) is -2.19. The van der Waals surface area contributed by atoms with E-state index in [-0.39, 0.29) is 15.7 Å². The third-order valence-electron chi connectivity index (χ3n) is 2.32. The number of benzene rings is 1. The molecular weight excluding hydrogens is 276 g/mol. The van der Waals surface area contributed by atoms with Crippen LogP contribution in [0.15, 0.2) is 35.5 Å². The van der Waals surface area contributed by atoms with Crippen molar-refractivity contribution in [1.29, 1.82) is 0 Å². The molecule has 18 heavy (non-hydrogen) atoms. The molecule has 2 aromatic rings. The van der Waals surface area contributed by atoms with Crippen LogP contribution in [0.1, 0.15) is 0 Å². The number of nitrogens with zero attached hydrogens (tertiary/aromatic N) is 2. The Morgan fingerprint density at radius 1 is 1.39 bits per heavy atom. The highest BCUT2D eigenvalue weighted by molar-refractivity contribution is 7.92. The van der Waals surface area contributed by atoms with Crippen molar-refractivity contribution in [1.82, 2.24) is 9.78 Å². The van der Waals surface area contributed by atoms with Crippen molar-refractivity contribution in [2.24, 2.45) is 7.05 Å². The lowest BCUT2D eigenvalue weighted by Gasteiger charge is -2.10. The smallest absolute Gasteiger partial charge is 0.279 e. The lowest BCUT2D eigenvalue weighted by molar-refractivity contribution is 0.582. The second-order valence-corrected chi connectivity index (χ2v) is 5.61. The van der Waals surface area contributed by atoms with Crippen molar-refractivity contribution in [3.63, 3.8) is 0 Å². The van der Waals surface area contributed by atoms with Crippen molar-refractivity contribution in [3.05, 3.63) is 35.5 Å². The van der Waals surface area contributed by atoms with Crippen molar-refractivity contribution in [2.45, 2.75) is 5.03 Å². The molecule has 0 aliphatic heterocycles. The van der Waals surface area contributed by atoms with Crippen molar-refractivity contribution >= 4 is 33.0 Å². The lowest BCUT2D eigenvalue weighted by Crippen LogP contribution is -2.17. The van der Waals surface area contributed by atoms with Gasteiger partial charge in [-0.05, 0) is 18.2 Å². The minimum atomic E-state index is -3.73. The first kappa shape index (κ1) is 12.7. The molecule has 0 saturated heterocycles. The maximum atomic E-state index is 12.1. The zero-order chi connectivity index (χ0) is 13.3. The second kappa shape index (κ2) is 4.51. The van der Waals surface area contributed by atoms with E-state index < -0.39 is 10.0 Å². The summed E-state index contributed by atoms with van der Waals surface area (Å²) in [4.78, 5) is 0. The molecule has 2 rings (SSSR count). The summed E-state index contributed by atoms with van der Waals surface area (Å²) < 4.78 is 27.8. The molecule has 0 atom stereocenters. The molecule has 1 heterocycles. The van der Waals surface area contributed by atoms with E-state index in [9.17, 15) is 8.42 Å². The Labute approximate surface area is 109 Å². The molecule has 0 fully saturated rings. The largest absolute Gasteiger partial charge is 0.397 e. The van der Waals surface area contributed by atoms with E-state index in [4.69, 9.17) is 17.3 Å². The minimum Gasteiger partial charge on any atom is -0.397 e. The topological polar surface area (TPSA) is 90.0 Å². The average molecular weight is 287 g/mol. The highest BCUT2D eigenvalue weighted by Gasteiger charge is 2.19. The number of nitrogen functional groups attached to an aromatic ring is 1. The van der Waals surface area contributed by atoms with E-state index in [0.29, 0.717) is 5.69 Å². The fraction of sp³-hybridized carbons (Fsp3) is 0.100. The number of anilines is 2. The molecule has 6 nitrogen and oxygen atoms in total. The number of rotatable bonds is 3. The normalized spacial score (nSPS) is 11.4. The van der Waals surface area contributed by atoms with Crippen LogP contribution in [0, 0.1) is 0 Å². The molecule has 0 bridgehead atoms. The predicted octanol–water partition coefficient (Wildman–Crippen LogP) is 1.46. The molecule has 0 radical (unpaired) electrons. The number of aryl methyl sites for hydroxylation is 1. The third kappa shape index (κ3) is 2.27. The quantitative estimate of drug-likeness (QED) is 0.836. The number of nitrogens with one attached hydrogen (secondary N) is 1. The summed E-state index contributed by atoms with van der Waals surface area (Å²) in [6, 6.07) is 6.13. The van der Waals surface area contributed by atoms with Gasteiger partial charge in [-0.2, -0.15) is 13.5 Å². The molecule has 8 heteroatoms. The van der Waals surface area contributed by atoms with Gasteiger partial charge in [0.15, 0.2) is 5.03 Å². The molecular formula is C10H11ClN4O2S. The number of sulfonamides is 1. The molecule has 0 saturated carbocycles. The summed E-state index contributed by atoms with van der Waals surface area (Å²) in [5.41, 5.74) is 6.15. The van der Waals surface area contributed by atoms with Gasteiger partial charge in [-0.3, -0.25) is 9.40 Å². The Kier molecular flexibility index (Phi) is 3.18. The van der Waals surface area contributed by atoms with E-state index in [1.807, 2.05) is 0 Å². The minimum absolute atomic E-state index is 0.0426. The number of halogens is 1. The lowest BCUT2D eigenvalue weighted by atomic mass is 10.3. The molecule has 0 unspecified atom stereocenters. The van der Waals surface area contributed by atoms with E-state index in [1.54, 1.807) is 12.1 Å². The first-order chi connectivity index (χ1) is 8.42. The number of aromatic nitrogens is 2. The van der Waals surface area contributed by atoms with E-state index in [2.05, 4.69) is 9.82 Å². The van der Waals surface area contributed by atoms with Crippen LogP contribution in [0.5, 0.6) is 0 Å². The Balaban J connectivity index is 2.40. The number of hydrogen-bond acceptors (Lipinski definition) is 4. The highest BCUT2D eigenvalue weighted by Crippen LogP contribution is 2.29. The van der Waals surface area contributed by atoms with Crippen LogP contribution in [-0.2, 0) is 17.1 Å². The van der Waals surface area contributed by atoms with Crippen LogP contribution in [-0.4, -0.2) is 18.2 Å². The Morgan fingerprint density at radius 3 is 2.72 bits per heavy atom. The molecule has 0 aliphatic rings. The zero-order valence-electron chi connectivity index (χ0n) is 9.46. The van der Waals surface area contributed by atoms with E-state index in [1.165, 1.54) is 30.1 Å². The zero-order valence-corrected chi connectivity index (χ0v) is 11.0. The van der Waals surface area contributed by atoms with Gasteiger partial charge in [0.25, 0.3) is 10.0 Å². The molecule has 1 aromatic heterocycles. The summed E-state index contributed by atoms with van der Waals surface area (Å²) in [5.74, 6) is 0. The predicted molar refractivity (Wildman–Crippen MR) is 69.9 cm³/mol. The highest BCUT2D eigenvalue weighted by atomic mass is 35.5. The molecule has 0 aliphatic carbocycles. The van der Waals surface area contributed by atoms with Gasteiger partial charge in [0.2, 0.25) is 0 Å². The summed E-state index contributed by atoms with van der Waals surface area (Å²) >= 11 is 5.93. The van der Waals surface area contributed by atoms with Gasteiger partial charge in [0.05, 0.1) is 22.6 Å². The average Bonchev–Trinajstić information content (AvgIpc) is 2.72. The third-order valence-corrected chi connectivity index (χ3v) is 4.19. The van der Waals surface area contributed by atoms with Crippen molar-refractivity contribution in [2.75, 3.05) is 10.5 Å². The van der Waals surface area contributed by atoms with Crippen LogP contribution in [0.2, 0.25) is 5.02 Å². The summed E-state index contributed by atoms with van der Waals surface area (Å²) in [6.45, 7) is 0. The van der Waals surface area contributed by atoms with Gasteiger partial charge in [-0.1, -0.05) is 17.7 Å². The first-order valence-electron chi connectivity index (χ1n) is 4.96. The van der Waals surface area contributed by atoms with Crippen LogP contribution >= 0.6 is 11.6 Å². The van der Waals surface area contributed by atoms with Crippen LogP contribution in [0.4, 0.5) is 11.4 Å². The second-order valence-electron chi connectivity index (χ2n) is 3.61.